The molecule has 0 aliphatic carbocycles. The van der Waals surface area contributed by atoms with Crippen molar-refractivity contribution in [3.8, 4) is 11.4 Å². The van der Waals surface area contributed by atoms with Gasteiger partial charge in [-0.2, -0.15) is 0 Å². The Kier molecular flexibility index (Phi) is 6.56. The van der Waals surface area contributed by atoms with E-state index in [0.29, 0.717) is 24.1 Å². The van der Waals surface area contributed by atoms with Gasteiger partial charge in [0.1, 0.15) is 5.82 Å². The maximum atomic E-state index is 13.6. The summed E-state index contributed by atoms with van der Waals surface area (Å²) in [7, 11) is 1.63. The highest BCUT2D eigenvalue weighted by molar-refractivity contribution is 7.99. The van der Waals surface area contributed by atoms with Crippen LogP contribution in [0, 0.1) is 5.82 Å². The molecule has 0 saturated carbocycles. The van der Waals surface area contributed by atoms with Crippen molar-refractivity contribution >= 4 is 23.4 Å². The molecule has 0 saturated heterocycles. The molecule has 0 spiro atoms. The average molecular weight is 386 g/mol. The number of carbonyl (C=O) groups excluding carboxylic acids is 1. The van der Waals surface area contributed by atoms with Crippen LogP contribution in [0.25, 0.3) is 11.4 Å². The molecule has 1 N–H and O–H groups in total. The van der Waals surface area contributed by atoms with E-state index in [1.165, 1.54) is 23.9 Å². The summed E-state index contributed by atoms with van der Waals surface area (Å²) in [5.74, 6) is 0.0246. The first kappa shape index (κ1) is 19.1. The molecule has 0 aliphatic heterocycles. The number of para-hydroxylation sites is 1. The SMILES string of the molecule is COCCn1c(SCC(=O)Nc2ccccc2F)nnc1-c1ccccc1. The second-order valence-corrected chi connectivity index (χ2v) is 6.58. The van der Waals surface area contributed by atoms with Crippen molar-refractivity contribution in [3.63, 3.8) is 0 Å². The van der Waals surface area contributed by atoms with Crippen molar-refractivity contribution in [2.75, 3.05) is 24.8 Å². The van der Waals surface area contributed by atoms with E-state index in [0.717, 1.165) is 5.56 Å². The summed E-state index contributed by atoms with van der Waals surface area (Å²) in [6.45, 7) is 1.05. The highest BCUT2D eigenvalue weighted by atomic mass is 32.2. The number of anilines is 1. The number of methoxy groups -OCH3 is 1. The van der Waals surface area contributed by atoms with E-state index in [4.69, 9.17) is 4.74 Å². The summed E-state index contributed by atoms with van der Waals surface area (Å²) in [6, 6.07) is 15.8. The quantitative estimate of drug-likeness (QED) is 0.601. The highest BCUT2D eigenvalue weighted by Gasteiger charge is 2.16. The van der Waals surface area contributed by atoms with Crippen molar-refractivity contribution in [2.45, 2.75) is 11.7 Å². The van der Waals surface area contributed by atoms with E-state index < -0.39 is 5.82 Å². The zero-order chi connectivity index (χ0) is 19.1. The molecule has 0 fully saturated rings. The van der Waals surface area contributed by atoms with Crippen molar-refractivity contribution in [2.24, 2.45) is 0 Å². The van der Waals surface area contributed by atoms with Gasteiger partial charge in [0.05, 0.1) is 24.6 Å². The third-order valence-electron chi connectivity index (χ3n) is 3.75. The zero-order valence-corrected chi connectivity index (χ0v) is 15.6. The number of rotatable bonds is 8. The molecule has 8 heteroatoms. The minimum absolute atomic E-state index is 0.0915. The Bertz CT molecular complexity index is 902. The van der Waals surface area contributed by atoms with Gasteiger partial charge >= 0.3 is 0 Å². The number of halogens is 1. The fourth-order valence-electron chi connectivity index (χ4n) is 2.46. The minimum atomic E-state index is -0.467. The summed E-state index contributed by atoms with van der Waals surface area (Å²) in [4.78, 5) is 12.2. The van der Waals surface area contributed by atoms with Gasteiger partial charge in [-0.05, 0) is 12.1 Å². The molecule has 2 aromatic carbocycles. The van der Waals surface area contributed by atoms with Crippen LogP contribution in [-0.2, 0) is 16.1 Å². The molecule has 140 valence electrons. The number of amides is 1. The van der Waals surface area contributed by atoms with Gasteiger partial charge in [-0.15, -0.1) is 10.2 Å². The highest BCUT2D eigenvalue weighted by Crippen LogP contribution is 2.24. The lowest BCUT2D eigenvalue weighted by atomic mass is 10.2. The molecule has 1 aromatic heterocycles. The summed E-state index contributed by atoms with van der Waals surface area (Å²) in [6.07, 6.45) is 0. The van der Waals surface area contributed by atoms with Gasteiger partial charge in [-0.1, -0.05) is 54.2 Å². The van der Waals surface area contributed by atoms with Crippen molar-refractivity contribution in [1.82, 2.24) is 14.8 Å². The molecule has 6 nitrogen and oxygen atoms in total. The van der Waals surface area contributed by atoms with Crippen LogP contribution in [0.1, 0.15) is 0 Å². The van der Waals surface area contributed by atoms with Crippen LogP contribution < -0.4 is 5.32 Å². The number of thioether (sulfide) groups is 1. The number of benzene rings is 2. The molecule has 0 aliphatic rings. The third-order valence-corrected chi connectivity index (χ3v) is 4.71. The normalized spacial score (nSPS) is 10.7. The molecule has 0 bridgehead atoms. The van der Waals surface area contributed by atoms with Gasteiger partial charge in [0.2, 0.25) is 5.91 Å². The Balaban J connectivity index is 1.71. The predicted octanol–water partition coefficient (Wildman–Crippen LogP) is 3.46. The van der Waals surface area contributed by atoms with Crippen LogP contribution in [0.3, 0.4) is 0 Å². The lowest BCUT2D eigenvalue weighted by molar-refractivity contribution is -0.113. The lowest BCUT2D eigenvalue weighted by Gasteiger charge is -2.10. The smallest absolute Gasteiger partial charge is 0.234 e. The molecule has 1 amide bonds. The number of carbonyl (C=O) groups is 1. The first-order chi connectivity index (χ1) is 13.2. The Labute approximate surface area is 160 Å². The van der Waals surface area contributed by atoms with Crippen molar-refractivity contribution < 1.29 is 13.9 Å². The monoisotopic (exact) mass is 386 g/mol. The Morgan fingerprint density at radius 1 is 1.15 bits per heavy atom. The van der Waals surface area contributed by atoms with Gasteiger partial charge in [0.15, 0.2) is 11.0 Å². The summed E-state index contributed by atoms with van der Waals surface area (Å²) in [5.41, 5.74) is 1.10. The molecule has 0 radical (unpaired) electrons. The Morgan fingerprint density at radius 2 is 1.89 bits per heavy atom. The number of hydrogen-bond acceptors (Lipinski definition) is 5. The first-order valence-corrected chi connectivity index (χ1v) is 9.32. The van der Waals surface area contributed by atoms with E-state index in [1.54, 1.807) is 19.2 Å². The van der Waals surface area contributed by atoms with Crippen LogP contribution >= 0.6 is 11.8 Å². The number of nitrogens with one attached hydrogen (secondary N) is 1. The largest absolute Gasteiger partial charge is 0.383 e. The lowest BCUT2D eigenvalue weighted by Crippen LogP contribution is -2.16. The van der Waals surface area contributed by atoms with E-state index in [1.807, 2.05) is 34.9 Å². The summed E-state index contributed by atoms with van der Waals surface area (Å²) < 4.78 is 20.7. The maximum Gasteiger partial charge on any atom is 0.234 e. The summed E-state index contributed by atoms with van der Waals surface area (Å²) in [5, 5.41) is 11.6. The standard InChI is InChI=1S/C19H19FN4O2S/c1-26-12-11-24-18(14-7-3-2-4-8-14)22-23-19(24)27-13-17(25)21-16-10-6-5-9-15(16)20/h2-10H,11-13H2,1H3,(H,21,25). The van der Waals surface area contributed by atoms with Crippen LogP contribution in [-0.4, -0.2) is 40.1 Å². The fraction of sp³-hybridized carbons (Fsp3) is 0.211. The fourth-order valence-corrected chi connectivity index (χ4v) is 3.22. The maximum absolute atomic E-state index is 13.6. The van der Waals surface area contributed by atoms with Crippen LogP contribution in [0.4, 0.5) is 10.1 Å². The van der Waals surface area contributed by atoms with E-state index in [9.17, 15) is 9.18 Å². The van der Waals surface area contributed by atoms with Crippen LogP contribution in [0.5, 0.6) is 0 Å². The molecule has 0 atom stereocenters. The van der Waals surface area contributed by atoms with Gasteiger partial charge in [-0.3, -0.25) is 9.36 Å². The van der Waals surface area contributed by atoms with Crippen LogP contribution in [0.15, 0.2) is 59.8 Å². The number of ether oxygens (including phenoxy) is 1. The van der Waals surface area contributed by atoms with E-state index in [2.05, 4.69) is 15.5 Å². The van der Waals surface area contributed by atoms with Gasteiger partial charge in [-0.25, -0.2) is 4.39 Å². The molecule has 3 aromatic rings. The first-order valence-electron chi connectivity index (χ1n) is 8.34. The second kappa shape index (κ2) is 9.29. The molecular weight excluding hydrogens is 367 g/mol. The Morgan fingerprint density at radius 3 is 2.63 bits per heavy atom. The topological polar surface area (TPSA) is 69.0 Å². The average Bonchev–Trinajstić information content (AvgIpc) is 3.10. The Hall–Kier alpha value is -2.71. The van der Waals surface area contributed by atoms with Gasteiger partial charge in [0.25, 0.3) is 0 Å². The van der Waals surface area contributed by atoms with Crippen molar-refractivity contribution in [1.29, 1.82) is 0 Å². The molecule has 3 rings (SSSR count). The molecule has 0 unspecified atom stereocenters. The second-order valence-electron chi connectivity index (χ2n) is 5.63. The molecule has 1 heterocycles. The predicted molar refractivity (Wildman–Crippen MR) is 103 cm³/mol. The zero-order valence-electron chi connectivity index (χ0n) is 14.8. The van der Waals surface area contributed by atoms with E-state index in [-0.39, 0.29) is 17.3 Å². The van der Waals surface area contributed by atoms with E-state index >= 15 is 0 Å². The van der Waals surface area contributed by atoms with Gasteiger partial charge < -0.3 is 10.1 Å². The molecule has 27 heavy (non-hydrogen) atoms. The van der Waals surface area contributed by atoms with Gasteiger partial charge in [0, 0.05) is 12.7 Å². The third kappa shape index (κ3) is 4.93. The van der Waals surface area contributed by atoms with Crippen LogP contribution in [0.2, 0.25) is 0 Å². The number of nitrogens with zero attached hydrogens (tertiary/aromatic N) is 3. The van der Waals surface area contributed by atoms with Crippen molar-refractivity contribution in [3.05, 3.63) is 60.4 Å². The number of aromatic nitrogens is 3. The number of hydrogen-bond donors (Lipinski definition) is 1. The minimum Gasteiger partial charge on any atom is -0.383 e. The molecular formula is C19H19FN4O2S. The summed E-state index contributed by atoms with van der Waals surface area (Å²) >= 11 is 1.25.